The lowest BCUT2D eigenvalue weighted by Crippen LogP contribution is -2.29. The first-order valence-corrected chi connectivity index (χ1v) is 12.3. The van der Waals surface area contributed by atoms with E-state index in [0.717, 1.165) is 11.5 Å². The van der Waals surface area contributed by atoms with Gasteiger partial charge in [-0.15, -0.1) is 0 Å². The number of hydrogen-bond donors (Lipinski definition) is 3. The maximum atomic E-state index is 14.7. The van der Waals surface area contributed by atoms with Gasteiger partial charge in [-0.3, -0.25) is 15.6 Å². The zero-order valence-corrected chi connectivity index (χ0v) is 22.0. The van der Waals surface area contributed by atoms with Crippen LogP contribution in [0.4, 0.5) is 4.39 Å². The van der Waals surface area contributed by atoms with Crippen LogP contribution in [0.2, 0.25) is 0 Å². The molecule has 0 radical (unpaired) electrons. The molecule has 0 heterocycles. The van der Waals surface area contributed by atoms with Gasteiger partial charge in [0.2, 0.25) is 5.90 Å². The number of Topliss-reactive ketones (excluding diaryl/α,β-unsaturated/α-hetero) is 1. The number of rotatable bonds is 7. The molecule has 0 aromatic heterocycles. The second kappa shape index (κ2) is 11.7. The molecule has 35 heavy (non-hydrogen) atoms. The number of aryl methyl sites for hydroxylation is 1. The Bertz CT molecular complexity index is 1060. The van der Waals surface area contributed by atoms with E-state index in [9.17, 15) is 14.3 Å². The van der Waals surface area contributed by atoms with E-state index in [1.807, 2.05) is 20.8 Å². The number of nitrogens with one attached hydrogen (secondary N) is 2. The molecule has 2 aromatic carbocycles. The molecule has 3 N–H and O–H groups in total. The average Bonchev–Trinajstić information content (AvgIpc) is 3.62. The minimum atomic E-state index is -0.457. The molecule has 0 amide bonds. The molecule has 1 fully saturated rings. The van der Waals surface area contributed by atoms with E-state index in [4.69, 9.17) is 15.6 Å². The summed E-state index contributed by atoms with van der Waals surface area (Å²) in [4.78, 5) is 12.7. The molecule has 2 aromatic rings. The summed E-state index contributed by atoms with van der Waals surface area (Å²) in [6.45, 7) is 12.9. The smallest absolute Gasteiger partial charge is 0.220 e. The number of ether oxygens (including phenoxy) is 1. The zero-order chi connectivity index (χ0) is 26.5. The zero-order valence-electron chi connectivity index (χ0n) is 22.0. The number of aliphatic hydroxyl groups is 1. The lowest BCUT2D eigenvalue weighted by molar-refractivity contribution is 0.0155. The van der Waals surface area contributed by atoms with Crippen molar-refractivity contribution in [2.45, 2.75) is 73.3 Å². The molecule has 1 aliphatic rings. The Morgan fingerprint density at radius 3 is 2.09 bits per heavy atom. The van der Waals surface area contributed by atoms with Gasteiger partial charge in [0.1, 0.15) is 5.82 Å². The van der Waals surface area contributed by atoms with Crippen molar-refractivity contribution in [1.82, 2.24) is 0 Å². The SMILES string of the molecule is CC(C1CC1)C(C)(C)O.CCc1ccc(F)c(-c2ccc(C(=N)OC(C)=N)cc2)c1C(=O)C(C)C. The van der Waals surface area contributed by atoms with Crippen LogP contribution in [0.1, 0.15) is 82.8 Å². The van der Waals surface area contributed by atoms with Crippen LogP contribution < -0.4 is 0 Å². The molecule has 0 saturated heterocycles. The maximum Gasteiger partial charge on any atom is 0.220 e. The van der Waals surface area contributed by atoms with Gasteiger partial charge in [-0.1, -0.05) is 45.9 Å². The summed E-state index contributed by atoms with van der Waals surface area (Å²) in [5.41, 5.74) is 2.14. The molecule has 190 valence electrons. The molecule has 1 unspecified atom stereocenters. The maximum absolute atomic E-state index is 14.7. The summed E-state index contributed by atoms with van der Waals surface area (Å²) in [6, 6.07) is 9.65. The lowest BCUT2D eigenvalue weighted by atomic mass is 9.87. The standard InChI is InChI=1S/C21H23FN2O2.C8H16O/c1-5-14-10-11-17(22)18(19(14)20(25)12(2)3)15-6-8-16(9-7-15)21(24)26-13(4)23;1-6(7-4-5-7)8(2,3)9/h6-12,23-24H,5H2,1-4H3;6-7,9H,4-5H2,1-3H3. The third-order valence-corrected chi connectivity index (χ3v) is 6.53. The van der Waals surface area contributed by atoms with Gasteiger partial charge in [-0.05, 0) is 74.3 Å². The number of benzene rings is 2. The third kappa shape index (κ3) is 7.56. The van der Waals surface area contributed by atoms with Crippen LogP contribution in [0.25, 0.3) is 11.1 Å². The fraction of sp³-hybridized carbons (Fsp3) is 0.483. The molecule has 1 atom stereocenters. The predicted molar refractivity (Wildman–Crippen MR) is 140 cm³/mol. The Labute approximate surface area is 208 Å². The normalized spacial score (nSPS) is 14.1. The fourth-order valence-electron chi connectivity index (χ4n) is 3.94. The summed E-state index contributed by atoms with van der Waals surface area (Å²) in [5.74, 6) is 0.298. The molecular weight excluding hydrogens is 443 g/mol. The van der Waals surface area contributed by atoms with E-state index >= 15 is 0 Å². The third-order valence-electron chi connectivity index (χ3n) is 6.53. The van der Waals surface area contributed by atoms with Crippen molar-refractivity contribution in [2.75, 3.05) is 0 Å². The summed E-state index contributed by atoms with van der Waals surface area (Å²) >= 11 is 0. The molecule has 3 rings (SSSR count). The Hall–Kier alpha value is -2.86. The summed E-state index contributed by atoms with van der Waals surface area (Å²) in [5, 5.41) is 24.6. The van der Waals surface area contributed by atoms with E-state index < -0.39 is 11.4 Å². The van der Waals surface area contributed by atoms with Crippen molar-refractivity contribution in [3.8, 4) is 11.1 Å². The quantitative estimate of drug-likeness (QED) is 0.224. The van der Waals surface area contributed by atoms with Gasteiger partial charge in [-0.25, -0.2) is 4.39 Å². The molecule has 0 spiro atoms. The van der Waals surface area contributed by atoms with Gasteiger partial charge in [0.05, 0.1) is 5.60 Å². The Morgan fingerprint density at radius 2 is 1.69 bits per heavy atom. The van der Waals surface area contributed by atoms with Crippen molar-refractivity contribution in [3.63, 3.8) is 0 Å². The van der Waals surface area contributed by atoms with Crippen LogP contribution >= 0.6 is 0 Å². The summed E-state index contributed by atoms with van der Waals surface area (Å²) < 4.78 is 19.6. The Morgan fingerprint density at radius 1 is 1.11 bits per heavy atom. The molecule has 5 nitrogen and oxygen atoms in total. The first-order chi connectivity index (χ1) is 16.3. The van der Waals surface area contributed by atoms with Crippen molar-refractivity contribution in [1.29, 1.82) is 10.8 Å². The van der Waals surface area contributed by atoms with Crippen molar-refractivity contribution in [3.05, 3.63) is 58.9 Å². The molecular formula is C29H39FN2O3. The van der Waals surface area contributed by atoms with Gasteiger partial charge < -0.3 is 9.84 Å². The van der Waals surface area contributed by atoms with E-state index in [2.05, 4.69) is 6.92 Å². The van der Waals surface area contributed by atoms with Gasteiger partial charge in [0.25, 0.3) is 0 Å². The molecule has 0 bridgehead atoms. The summed E-state index contributed by atoms with van der Waals surface area (Å²) in [6.07, 6.45) is 3.28. The van der Waals surface area contributed by atoms with Crippen LogP contribution in [0.3, 0.4) is 0 Å². The highest BCUT2D eigenvalue weighted by Crippen LogP contribution is 2.41. The van der Waals surface area contributed by atoms with Crippen molar-refractivity contribution < 1.29 is 19.0 Å². The second-order valence-electron chi connectivity index (χ2n) is 10.2. The van der Waals surface area contributed by atoms with Crippen LogP contribution in [0.5, 0.6) is 0 Å². The predicted octanol–water partition coefficient (Wildman–Crippen LogP) is 7.04. The van der Waals surface area contributed by atoms with Crippen molar-refractivity contribution >= 4 is 17.6 Å². The molecule has 1 saturated carbocycles. The number of halogens is 1. The van der Waals surface area contributed by atoms with Gasteiger partial charge >= 0.3 is 0 Å². The number of carbonyl (C=O) groups is 1. The summed E-state index contributed by atoms with van der Waals surface area (Å²) in [7, 11) is 0. The monoisotopic (exact) mass is 482 g/mol. The highest BCUT2D eigenvalue weighted by molar-refractivity contribution is 6.05. The Kier molecular flexibility index (Phi) is 9.50. The number of carbonyl (C=O) groups excluding carboxylic acids is 1. The average molecular weight is 483 g/mol. The Balaban J connectivity index is 0.000000402. The van der Waals surface area contributed by atoms with Crippen LogP contribution in [-0.2, 0) is 11.2 Å². The number of hydrogen-bond acceptors (Lipinski definition) is 5. The molecule has 6 heteroatoms. The van der Waals surface area contributed by atoms with Crippen LogP contribution in [0, 0.1) is 34.4 Å². The van der Waals surface area contributed by atoms with Crippen LogP contribution in [0.15, 0.2) is 36.4 Å². The highest BCUT2D eigenvalue weighted by Gasteiger charge is 2.36. The molecule has 1 aliphatic carbocycles. The van der Waals surface area contributed by atoms with Gasteiger partial charge in [0, 0.05) is 29.5 Å². The number of ketones is 1. The van der Waals surface area contributed by atoms with Crippen molar-refractivity contribution in [2.24, 2.45) is 17.8 Å². The van der Waals surface area contributed by atoms with E-state index in [1.165, 1.54) is 25.8 Å². The van der Waals surface area contributed by atoms with E-state index in [-0.39, 0.29) is 23.5 Å². The highest BCUT2D eigenvalue weighted by atomic mass is 19.1. The first kappa shape index (κ1) is 28.4. The molecule has 0 aliphatic heterocycles. The minimum Gasteiger partial charge on any atom is -0.426 e. The van der Waals surface area contributed by atoms with E-state index in [1.54, 1.807) is 44.2 Å². The van der Waals surface area contributed by atoms with Gasteiger partial charge in [0.15, 0.2) is 11.7 Å². The van der Waals surface area contributed by atoms with E-state index in [0.29, 0.717) is 34.6 Å². The topological polar surface area (TPSA) is 94.2 Å². The lowest BCUT2D eigenvalue weighted by Gasteiger charge is -2.25. The second-order valence-corrected chi connectivity index (χ2v) is 10.2. The fourth-order valence-corrected chi connectivity index (χ4v) is 3.94. The van der Waals surface area contributed by atoms with Gasteiger partial charge in [-0.2, -0.15) is 0 Å². The largest absolute Gasteiger partial charge is 0.426 e. The minimum absolute atomic E-state index is 0.0782. The first-order valence-electron chi connectivity index (χ1n) is 12.3. The van der Waals surface area contributed by atoms with Crippen LogP contribution in [-0.4, -0.2) is 28.3 Å².